The van der Waals surface area contributed by atoms with Crippen molar-refractivity contribution in [2.45, 2.75) is 37.3 Å². The maximum absolute atomic E-state index is 13.5. The Balaban J connectivity index is 1.70. The molecule has 2 aromatic rings. The molecule has 2 atom stereocenters. The van der Waals surface area contributed by atoms with E-state index in [0.717, 1.165) is 4.31 Å². The Morgan fingerprint density at radius 1 is 1.07 bits per heavy atom. The normalized spacial score (nSPS) is 14.1. The number of ether oxygens (including phenoxy) is 4. The van der Waals surface area contributed by atoms with Crippen LogP contribution in [0.15, 0.2) is 47.4 Å². The summed E-state index contributed by atoms with van der Waals surface area (Å²) in [6.07, 6.45) is -3.18. The third kappa shape index (κ3) is 8.63. The molecule has 3 rings (SSSR count). The maximum Gasteiger partial charge on any atom is 0.406 e. The highest BCUT2D eigenvalue weighted by Crippen LogP contribution is 2.35. The molecule has 0 saturated carbocycles. The van der Waals surface area contributed by atoms with E-state index in [9.17, 15) is 28.2 Å². The predicted molar refractivity (Wildman–Crippen MR) is 143 cm³/mol. The van der Waals surface area contributed by atoms with E-state index in [0.29, 0.717) is 22.8 Å². The molecule has 0 fully saturated rings. The fraction of sp³-hybridized carbons (Fsp3) is 0.462. The van der Waals surface area contributed by atoms with E-state index in [2.05, 4.69) is 15.4 Å². The Kier molecular flexibility index (Phi) is 10.8. The largest absolute Gasteiger partial charge is 0.492 e. The first kappa shape index (κ1) is 30.8. The highest BCUT2D eigenvalue weighted by molar-refractivity contribution is 7.89. The van der Waals surface area contributed by atoms with Gasteiger partial charge in [0.2, 0.25) is 16.8 Å². The van der Waals surface area contributed by atoms with Crippen LogP contribution in [0.1, 0.15) is 19.4 Å². The summed E-state index contributed by atoms with van der Waals surface area (Å²) in [4.78, 5) is 22.6. The van der Waals surface area contributed by atoms with E-state index in [1.165, 1.54) is 25.3 Å². The standard InChI is InChI=1S/C26H35N3O10S/c1-17(2)14-29(40(34,35)20-8-9-23-24(13-20)39-16-38-23)15-22(30)21(28-25(31)32)12-18-4-6-19(7-5-18)37-11-10-27-26(33)36-3/h4-9,13,17,21-22,28,30H,10-12,14-16H2,1-3H3,(H,27,33)(H,31,32)/t21-,22+/m0/s1. The Hall–Kier alpha value is -3.75. The number of nitrogens with one attached hydrogen (secondary N) is 2. The molecule has 0 aromatic heterocycles. The number of hydrogen-bond acceptors (Lipinski definition) is 9. The minimum absolute atomic E-state index is 0.00446. The van der Waals surface area contributed by atoms with Gasteiger partial charge >= 0.3 is 12.2 Å². The van der Waals surface area contributed by atoms with Crippen LogP contribution in [0, 0.1) is 5.92 Å². The zero-order chi connectivity index (χ0) is 29.3. The van der Waals surface area contributed by atoms with Crippen molar-refractivity contribution >= 4 is 22.2 Å². The molecule has 2 aromatic carbocycles. The second kappa shape index (κ2) is 14.1. The number of carboxylic acid groups (broad SMARTS) is 1. The van der Waals surface area contributed by atoms with Crippen molar-refractivity contribution in [2.75, 3.05) is 40.1 Å². The molecular formula is C26H35N3O10S. The minimum Gasteiger partial charge on any atom is -0.492 e. The summed E-state index contributed by atoms with van der Waals surface area (Å²) in [5.74, 6) is 1.20. The van der Waals surface area contributed by atoms with Gasteiger partial charge in [0.05, 0.1) is 30.7 Å². The number of alkyl carbamates (subject to hydrolysis) is 1. The van der Waals surface area contributed by atoms with Gasteiger partial charge in [0.25, 0.3) is 0 Å². The quantitative estimate of drug-likeness (QED) is 0.242. The number of nitrogens with zero attached hydrogens (tertiary/aromatic N) is 1. The molecule has 0 unspecified atom stereocenters. The van der Waals surface area contributed by atoms with Crippen molar-refractivity contribution in [1.82, 2.24) is 14.9 Å². The summed E-state index contributed by atoms with van der Waals surface area (Å²) in [6.45, 7) is 3.90. The summed E-state index contributed by atoms with van der Waals surface area (Å²) in [5.41, 5.74) is 0.687. The Morgan fingerprint density at radius 2 is 1.77 bits per heavy atom. The molecule has 0 radical (unpaired) electrons. The van der Waals surface area contributed by atoms with E-state index >= 15 is 0 Å². The number of hydrogen-bond donors (Lipinski definition) is 4. The zero-order valence-electron chi connectivity index (χ0n) is 22.5. The number of rotatable bonds is 14. The topological polar surface area (TPSA) is 173 Å². The third-order valence-corrected chi connectivity index (χ3v) is 7.75. The summed E-state index contributed by atoms with van der Waals surface area (Å²) in [7, 11) is -2.80. The maximum atomic E-state index is 13.5. The lowest BCUT2D eigenvalue weighted by Crippen LogP contribution is -2.50. The van der Waals surface area contributed by atoms with E-state index in [1.54, 1.807) is 24.3 Å². The van der Waals surface area contributed by atoms with E-state index in [1.807, 2.05) is 13.8 Å². The van der Waals surface area contributed by atoms with Gasteiger partial charge in [0.1, 0.15) is 12.4 Å². The molecule has 220 valence electrons. The molecule has 4 N–H and O–H groups in total. The van der Waals surface area contributed by atoms with Gasteiger partial charge in [0.15, 0.2) is 11.5 Å². The number of carbonyl (C=O) groups excluding carboxylic acids is 1. The minimum atomic E-state index is -4.06. The van der Waals surface area contributed by atoms with Crippen molar-refractivity contribution in [2.24, 2.45) is 5.92 Å². The first-order valence-electron chi connectivity index (χ1n) is 12.6. The second-order valence-electron chi connectivity index (χ2n) is 9.47. The van der Waals surface area contributed by atoms with Crippen molar-refractivity contribution < 1.29 is 47.2 Å². The Bertz CT molecular complexity index is 1250. The van der Waals surface area contributed by atoms with Crippen molar-refractivity contribution in [3.63, 3.8) is 0 Å². The van der Waals surface area contributed by atoms with E-state index in [-0.39, 0.29) is 50.3 Å². The smallest absolute Gasteiger partial charge is 0.406 e. The van der Waals surface area contributed by atoms with Crippen LogP contribution in [0.25, 0.3) is 0 Å². The van der Waals surface area contributed by atoms with Gasteiger partial charge in [-0.05, 0) is 42.2 Å². The SMILES string of the molecule is COC(=O)NCCOc1ccc(C[C@H](NC(=O)O)[C@H](O)CN(CC(C)C)S(=O)(=O)c2ccc3c(c2)OCO3)cc1. The number of amides is 2. The first-order valence-corrected chi connectivity index (χ1v) is 14.0. The van der Waals surface area contributed by atoms with Gasteiger partial charge in [-0.3, -0.25) is 0 Å². The van der Waals surface area contributed by atoms with Crippen LogP contribution in [0.5, 0.6) is 17.2 Å². The van der Waals surface area contributed by atoms with Crippen molar-refractivity contribution in [1.29, 1.82) is 0 Å². The predicted octanol–water partition coefficient (Wildman–Crippen LogP) is 2.04. The number of methoxy groups -OCH3 is 1. The number of aliphatic hydroxyl groups excluding tert-OH is 1. The van der Waals surface area contributed by atoms with Gasteiger partial charge in [0, 0.05) is 19.2 Å². The van der Waals surface area contributed by atoms with Gasteiger partial charge in [-0.2, -0.15) is 4.31 Å². The molecule has 1 aliphatic rings. The monoisotopic (exact) mass is 581 g/mol. The summed E-state index contributed by atoms with van der Waals surface area (Å²) < 4.78 is 48.8. The molecule has 0 aliphatic carbocycles. The highest BCUT2D eigenvalue weighted by Gasteiger charge is 2.32. The van der Waals surface area contributed by atoms with Gasteiger partial charge < -0.3 is 39.8 Å². The van der Waals surface area contributed by atoms with Crippen molar-refractivity contribution in [3.05, 3.63) is 48.0 Å². The molecule has 2 amide bonds. The fourth-order valence-corrected chi connectivity index (χ4v) is 5.65. The number of aliphatic hydroxyl groups is 1. The highest BCUT2D eigenvalue weighted by atomic mass is 32.2. The molecule has 0 spiro atoms. The van der Waals surface area contributed by atoms with Crippen LogP contribution >= 0.6 is 0 Å². The summed E-state index contributed by atoms with van der Waals surface area (Å²) in [6, 6.07) is 10.1. The van der Waals surface area contributed by atoms with Gasteiger partial charge in [-0.1, -0.05) is 26.0 Å². The van der Waals surface area contributed by atoms with E-state index in [4.69, 9.17) is 14.2 Å². The molecule has 13 nitrogen and oxygen atoms in total. The molecular weight excluding hydrogens is 546 g/mol. The Labute approximate surface area is 233 Å². The van der Waals surface area contributed by atoms with Gasteiger partial charge in [-0.25, -0.2) is 18.0 Å². The first-order chi connectivity index (χ1) is 19.0. The molecule has 1 aliphatic heterocycles. The summed E-state index contributed by atoms with van der Waals surface area (Å²) in [5, 5.41) is 25.3. The average molecular weight is 582 g/mol. The number of carbonyl (C=O) groups is 2. The van der Waals surface area contributed by atoms with Gasteiger partial charge in [-0.15, -0.1) is 0 Å². The van der Waals surface area contributed by atoms with Crippen LogP contribution in [-0.4, -0.2) is 87.4 Å². The molecule has 40 heavy (non-hydrogen) atoms. The number of fused-ring (bicyclic) bond motifs is 1. The number of benzene rings is 2. The van der Waals surface area contributed by atoms with Crippen LogP contribution in [0.4, 0.5) is 9.59 Å². The molecule has 1 heterocycles. The lowest BCUT2D eigenvalue weighted by molar-refractivity contribution is 0.0980. The molecule has 0 bridgehead atoms. The number of sulfonamides is 1. The average Bonchev–Trinajstić information content (AvgIpc) is 3.38. The van der Waals surface area contributed by atoms with Crippen molar-refractivity contribution in [3.8, 4) is 17.2 Å². The molecule has 0 saturated heterocycles. The van der Waals surface area contributed by atoms with Crippen LogP contribution in [0.2, 0.25) is 0 Å². The molecule has 14 heteroatoms. The Morgan fingerprint density at radius 3 is 2.42 bits per heavy atom. The van der Waals surface area contributed by atoms with Crippen LogP contribution < -0.4 is 24.8 Å². The zero-order valence-corrected chi connectivity index (χ0v) is 23.3. The fourth-order valence-electron chi connectivity index (χ4n) is 4.01. The van der Waals surface area contributed by atoms with E-state index < -0.39 is 34.4 Å². The lowest BCUT2D eigenvalue weighted by Gasteiger charge is -2.30. The van der Waals surface area contributed by atoms with Crippen LogP contribution in [-0.2, 0) is 21.2 Å². The lowest BCUT2D eigenvalue weighted by atomic mass is 10.0. The van der Waals surface area contributed by atoms with Crippen LogP contribution in [0.3, 0.4) is 0 Å². The second-order valence-corrected chi connectivity index (χ2v) is 11.4. The summed E-state index contributed by atoms with van der Waals surface area (Å²) >= 11 is 0. The third-order valence-electron chi connectivity index (χ3n) is 5.92.